The van der Waals surface area contributed by atoms with Gasteiger partial charge in [-0.1, -0.05) is 44.2 Å². The van der Waals surface area contributed by atoms with Gasteiger partial charge in [-0.05, 0) is 17.9 Å². The van der Waals surface area contributed by atoms with Crippen LogP contribution in [0.3, 0.4) is 0 Å². The van der Waals surface area contributed by atoms with Gasteiger partial charge in [0, 0.05) is 25.6 Å². The largest absolute Gasteiger partial charge is 0.481 e. The highest BCUT2D eigenvalue weighted by atomic mass is 32.2. The SMILES string of the molecule is CC(C)C(C(=O)N1CC(C(=O)O)C(c2ccccc2)C1)N1CCCS1(=O)=O. The van der Waals surface area contributed by atoms with Gasteiger partial charge in [-0.15, -0.1) is 0 Å². The van der Waals surface area contributed by atoms with Crippen molar-refractivity contribution in [2.45, 2.75) is 32.2 Å². The molecule has 0 radical (unpaired) electrons. The number of carbonyl (C=O) groups excluding carboxylic acids is 1. The normalized spacial score (nSPS) is 26.4. The van der Waals surface area contributed by atoms with Crippen molar-refractivity contribution in [2.75, 3.05) is 25.4 Å². The Morgan fingerprint density at radius 3 is 2.33 bits per heavy atom. The third-order valence-corrected chi connectivity index (χ3v) is 7.44. The average molecular weight is 394 g/mol. The number of amides is 1. The summed E-state index contributed by atoms with van der Waals surface area (Å²) in [5.74, 6) is -2.35. The highest BCUT2D eigenvalue weighted by Gasteiger charge is 2.46. The molecule has 1 aromatic rings. The fourth-order valence-corrected chi connectivity index (χ4v) is 5.99. The summed E-state index contributed by atoms with van der Waals surface area (Å²) in [7, 11) is -3.43. The molecule has 1 amide bonds. The van der Waals surface area contributed by atoms with Crippen LogP contribution in [0.25, 0.3) is 0 Å². The standard InChI is InChI=1S/C19H26N2O5S/c1-13(2)17(21-9-6-10-27(21,25)26)18(22)20-11-15(16(12-20)19(23)24)14-7-4-3-5-8-14/h3-5,7-8,13,15-17H,6,9-12H2,1-2H3,(H,23,24). The van der Waals surface area contributed by atoms with E-state index < -0.39 is 28.0 Å². The van der Waals surface area contributed by atoms with Gasteiger partial charge in [0.15, 0.2) is 0 Å². The molecule has 1 aromatic carbocycles. The van der Waals surface area contributed by atoms with Crippen LogP contribution in [0.2, 0.25) is 0 Å². The lowest BCUT2D eigenvalue weighted by molar-refractivity contribution is -0.142. The second-order valence-corrected chi connectivity index (χ2v) is 9.72. The fraction of sp³-hybridized carbons (Fsp3) is 0.579. The highest BCUT2D eigenvalue weighted by Crippen LogP contribution is 2.34. The molecule has 0 aliphatic carbocycles. The topological polar surface area (TPSA) is 95.0 Å². The van der Waals surface area contributed by atoms with Crippen LogP contribution in [0.5, 0.6) is 0 Å². The summed E-state index contributed by atoms with van der Waals surface area (Å²) < 4.78 is 26.0. The maximum atomic E-state index is 13.2. The van der Waals surface area contributed by atoms with E-state index in [1.165, 1.54) is 9.21 Å². The van der Waals surface area contributed by atoms with Gasteiger partial charge in [-0.25, -0.2) is 8.42 Å². The molecule has 1 N–H and O–H groups in total. The molecule has 2 heterocycles. The number of hydrogen-bond acceptors (Lipinski definition) is 4. The minimum atomic E-state index is -3.43. The number of likely N-dealkylation sites (tertiary alicyclic amines) is 1. The number of aliphatic carboxylic acids is 1. The first-order valence-corrected chi connectivity index (χ1v) is 10.9. The van der Waals surface area contributed by atoms with E-state index in [4.69, 9.17) is 0 Å². The van der Waals surface area contributed by atoms with Crippen LogP contribution in [0.1, 0.15) is 31.7 Å². The second kappa shape index (κ2) is 7.59. The Balaban J connectivity index is 1.86. The zero-order valence-electron chi connectivity index (χ0n) is 15.6. The maximum absolute atomic E-state index is 13.2. The van der Waals surface area contributed by atoms with Gasteiger partial charge >= 0.3 is 5.97 Å². The first-order chi connectivity index (χ1) is 12.7. The molecule has 2 aliphatic rings. The number of rotatable bonds is 5. The molecule has 148 valence electrons. The number of carboxylic acid groups (broad SMARTS) is 1. The summed E-state index contributed by atoms with van der Waals surface area (Å²) >= 11 is 0. The quantitative estimate of drug-likeness (QED) is 0.814. The van der Waals surface area contributed by atoms with Crippen LogP contribution in [0.4, 0.5) is 0 Å². The second-order valence-electron chi connectivity index (χ2n) is 7.67. The van der Waals surface area contributed by atoms with E-state index in [2.05, 4.69) is 0 Å². The van der Waals surface area contributed by atoms with E-state index in [-0.39, 0.29) is 36.6 Å². The van der Waals surface area contributed by atoms with Gasteiger partial charge in [-0.2, -0.15) is 4.31 Å². The van der Waals surface area contributed by atoms with Crippen molar-refractivity contribution < 1.29 is 23.1 Å². The van der Waals surface area contributed by atoms with Crippen LogP contribution in [-0.4, -0.2) is 66.0 Å². The van der Waals surface area contributed by atoms with E-state index in [1.54, 1.807) is 0 Å². The average Bonchev–Trinajstić information content (AvgIpc) is 3.20. The van der Waals surface area contributed by atoms with E-state index >= 15 is 0 Å². The van der Waals surface area contributed by atoms with Gasteiger partial charge in [0.2, 0.25) is 15.9 Å². The van der Waals surface area contributed by atoms with Crippen molar-refractivity contribution in [3.63, 3.8) is 0 Å². The predicted octanol–water partition coefficient (Wildman–Crippen LogP) is 1.37. The minimum Gasteiger partial charge on any atom is -0.481 e. The molecule has 27 heavy (non-hydrogen) atoms. The van der Waals surface area contributed by atoms with Crippen molar-refractivity contribution in [1.29, 1.82) is 0 Å². The zero-order valence-corrected chi connectivity index (χ0v) is 16.4. The van der Waals surface area contributed by atoms with Crippen LogP contribution in [0.15, 0.2) is 30.3 Å². The fourth-order valence-electron chi connectivity index (χ4n) is 4.17. The van der Waals surface area contributed by atoms with Gasteiger partial charge in [0.05, 0.1) is 11.7 Å². The monoisotopic (exact) mass is 394 g/mol. The zero-order chi connectivity index (χ0) is 19.8. The number of hydrogen-bond donors (Lipinski definition) is 1. The smallest absolute Gasteiger partial charge is 0.308 e. The van der Waals surface area contributed by atoms with Crippen molar-refractivity contribution in [2.24, 2.45) is 11.8 Å². The lowest BCUT2D eigenvalue weighted by Gasteiger charge is -2.32. The molecule has 3 rings (SSSR count). The molecule has 0 aromatic heterocycles. The van der Waals surface area contributed by atoms with Crippen LogP contribution >= 0.6 is 0 Å². The maximum Gasteiger partial charge on any atom is 0.308 e. The summed E-state index contributed by atoms with van der Waals surface area (Å²) in [4.78, 5) is 26.5. The summed E-state index contributed by atoms with van der Waals surface area (Å²) in [6.45, 7) is 4.39. The lowest BCUT2D eigenvalue weighted by Crippen LogP contribution is -2.51. The van der Waals surface area contributed by atoms with Crippen LogP contribution < -0.4 is 0 Å². The summed E-state index contributed by atoms with van der Waals surface area (Å²) in [6, 6.07) is 8.54. The number of nitrogens with zero attached hydrogens (tertiary/aromatic N) is 2. The van der Waals surface area contributed by atoms with E-state index in [1.807, 2.05) is 44.2 Å². The van der Waals surface area contributed by atoms with E-state index in [9.17, 15) is 23.1 Å². The Hall–Kier alpha value is -1.93. The summed E-state index contributed by atoms with van der Waals surface area (Å²) in [5, 5.41) is 9.64. The van der Waals surface area contributed by atoms with Crippen molar-refractivity contribution >= 4 is 21.9 Å². The van der Waals surface area contributed by atoms with Gasteiger partial charge < -0.3 is 10.0 Å². The highest BCUT2D eigenvalue weighted by molar-refractivity contribution is 7.89. The Morgan fingerprint density at radius 2 is 1.81 bits per heavy atom. The van der Waals surface area contributed by atoms with Crippen LogP contribution in [0, 0.1) is 11.8 Å². The van der Waals surface area contributed by atoms with Gasteiger partial charge in [0.1, 0.15) is 6.04 Å². The van der Waals surface area contributed by atoms with Crippen LogP contribution in [-0.2, 0) is 19.6 Å². The Morgan fingerprint density at radius 1 is 1.15 bits per heavy atom. The number of carboxylic acids is 1. The first-order valence-electron chi connectivity index (χ1n) is 9.28. The first kappa shape index (κ1) is 19.8. The van der Waals surface area contributed by atoms with Gasteiger partial charge in [0.25, 0.3) is 0 Å². The molecule has 8 heteroatoms. The minimum absolute atomic E-state index is 0.0634. The third kappa shape index (κ3) is 3.87. The number of carbonyl (C=O) groups is 2. The van der Waals surface area contributed by atoms with E-state index in [0.29, 0.717) is 13.0 Å². The molecule has 3 unspecified atom stereocenters. The molecule has 0 bridgehead atoms. The summed E-state index contributed by atoms with van der Waals surface area (Å²) in [5.41, 5.74) is 0.884. The predicted molar refractivity (Wildman–Crippen MR) is 101 cm³/mol. The number of sulfonamides is 1. The Bertz CT molecular complexity index is 809. The molecule has 3 atom stereocenters. The Labute approximate surface area is 160 Å². The lowest BCUT2D eigenvalue weighted by atomic mass is 9.89. The molecule has 0 spiro atoms. The van der Waals surface area contributed by atoms with E-state index in [0.717, 1.165) is 5.56 Å². The molecule has 2 saturated heterocycles. The van der Waals surface area contributed by atoms with Crippen molar-refractivity contribution in [3.05, 3.63) is 35.9 Å². The Kier molecular flexibility index (Phi) is 5.58. The third-order valence-electron chi connectivity index (χ3n) is 5.51. The van der Waals surface area contributed by atoms with Gasteiger partial charge in [-0.3, -0.25) is 9.59 Å². The summed E-state index contributed by atoms with van der Waals surface area (Å²) in [6.07, 6.45) is 0.517. The number of benzene rings is 1. The molecular weight excluding hydrogens is 368 g/mol. The van der Waals surface area contributed by atoms with Crippen molar-refractivity contribution in [1.82, 2.24) is 9.21 Å². The van der Waals surface area contributed by atoms with Crippen molar-refractivity contribution in [3.8, 4) is 0 Å². The molecular formula is C19H26N2O5S. The molecule has 2 aliphatic heterocycles. The molecule has 0 saturated carbocycles. The molecule has 2 fully saturated rings. The molecule has 7 nitrogen and oxygen atoms in total.